The summed E-state index contributed by atoms with van der Waals surface area (Å²) >= 11 is 7.50. The molecule has 4 aromatic rings. The molecule has 2 aromatic heterocycles. The zero-order valence-corrected chi connectivity index (χ0v) is 21.8. The zero-order chi connectivity index (χ0) is 25.4. The van der Waals surface area contributed by atoms with Crippen molar-refractivity contribution in [1.29, 1.82) is 0 Å². The van der Waals surface area contributed by atoms with E-state index in [0.717, 1.165) is 32.8 Å². The summed E-state index contributed by atoms with van der Waals surface area (Å²) in [5.41, 5.74) is 7.59. The number of halogens is 1. The molecule has 10 heteroatoms. The monoisotopic (exact) mass is 540 g/mol. The number of benzene rings is 2. The van der Waals surface area contributed by atoms with Crippen molar-refractivity contribution in [2.24, 2.45) is 0 Å². The third kappa shape index (κ3) is 4.77. The summed E-state index contributed by atoms with van der Waals surface area (Å²) in [6.45, 7) is 5.16. The van der Waals surface area contributed by atoms with Gasteiger partial charge in [-0.15, -0.1) is 17.9 Å². The van der Waals surface area contributed by atoms with Gasteiger partial charge < -0.3 is 10.5 Å². The van der Waals surface area contributed by atoms with Crippen LogP contribution in [0.5, 0.6) is 0 Å². The maximum Gasteiger partial charge on any atom is 0.225 e. The molecule has 1 saturated heterocycles. The van der Waals surface area contributed by atoms with Crippen LogP contribution in [-0.2, 0) is 21.4 Å². The summed E-state index contributed by atoms with van der Waals surface area (Å²) in [5, 5.41) is 1.60. The lowest BCUT2D eigenvalue weighted by atomic mass is 10.1. The van der Waals surface area contributed by atoms with Gasteiger partial charge in [0.05, 0.1) is 11.6 Å². The van der Waals surface area contributed by atoms with Gasteiger partial charge >= 0.3 is 0 Å². The first-order chi connectivity index (χ1) is 17.3. The van der Waals surface area contributed by atoms with Gasteiger partial charge in [0, 0.05) is 46.2 Å². The largest absolute Gasteiger partial charge is 0.384 e. The van der Waals surface area contributed by atoms with Crippen LogP contribution in [0.2, 0.25) is 5.02 Å². The summed E-state index contributed by atoms with van der Waals surface area (Å²) in [7, 11) is -3.77. The van der Waals surface area contributed by atoms with Crippen LogP contribution in [0, 0.1) is 0 Å². The number of nitrogens with two attached hydrogens (primary N) is 1. The van der Waals surface area contributed by atoms with Crippen molar-refractivity contribution >= 4 is 66.1 Å². The van der Waals surface area contributed by atoms with Crippen molar-refractivity contribution in [3.05, 3.63) is 82.7 Å². The normalized spacial score (nSPS) is 18.4. The second-order valence-corrected chi connectivity index (χ2v) is 12.4. The summed E-state index contributed by atoms with van der Waals surface area (Å²) in [4.78, 5) is 19.0. The molecule has 0 aliphatic carbocycles. The van der Waals surface area contributed by atoms with E-state index in [9.17, 15) is 13.2 Å². The van der Waals surface area contributed by atoms with Crippen LogP contribution in [-0.4, -0.2) is 54.6 Å². The molecule has 36 heavy (non-hydrogen) atoms. The number of pyridine rings is 1. The second-order valence-electron chi connectivity index (χ2n) is 8.83. The fourth-order valence-corrected chi connectivity index (χ4v) is 8.06. The van der Waals surface area contributed by atoms with Gasteiger partial charge in [-0.05, 0) is 53.4 Å². The first-order valence-corrected chi connectivity index (χ1v) is 14.1. The molecule has 186 valence electrons. The van der Waals surface area contributed by atoms with Gasteiger partial charge in [0.15, 0.2) is 0 Å². The zero-order valence-electron chi connectivity index (χ0n) is 19.4. The fourth-order valence-electron chi connectivity index (χ4n) is 4.61. The molecule has 0 radical (unpaired) electrons. The standard InChI is InChI=1S/C26H25ClN4O3S2/c1-2-25(24-12-19-4-6-20(27)13-23(19)35-24)36(33,34)31-10-9-30(21(15-31)16-32)14-17-3-7-22-18(11-17)5-8-26(28)29-22/h2-8,11-13,16,21,25H,1,9-10,14-15H2,(H2,28,29). The lowest BCUT2D eigenvalue weighted by molar-refractivity contribution is -0.114. The molecule has 2 aromatic carbocycles. The molecule has 2 unspecified atom stereocenters. The summed E-state index contributed by atoms with van der Waals surface area (Å²) < 4.78 is 29.6. The molecule has 0 bridgehead atoms. The minimum atomic E-state index is -3.77. The summed E-state index contributed by atoms with van der Waals surface area (Å²) in [6.07, 6.45) is 2.29. The Hall–Kier alpha value is -2.82. The SMILES string of the molecule is C=CC(c1cc2ccc(Cl)cc2s1)S(=O)(=O)N1CCN(Cc2ccc3nc(N)ccc3c2)C(C=O)C1. The third-order valence-electron chi connectivity index (χ3n) is 6.49. The van der Waals surface area contributed by atoms with Gasteiger partial charge in [-0.25, -0.2) is 13.4 Å². The maximum absolute atomic E-state index is 13.6. The van der Waals surface area contributed by atoms with E-state index in [-0.39, 0.29) is 6.54 Å². The summed E-state index contributed by atoms with van der Waals surface area (Å²) in [6, 6.07) is 16.4. The highest BCUT2D eigenvalue weighted by atomic mass is 35.5. The van der Waals surface area contributed by atoms with Crippen LogP contribution >= 0.6 is 22.9 Å². The second kappa shape index (κ2) is 9.91. The van der Waals surface area contributed by atoms with E-state index in [0.29, 0.717) is 35.4 Å². The molecule has 0 spiro atoms. The molecular formula is C26H25ClN4O3S2. The molecular weight excluding hydrogens is 516 g/mol. The molecule has 7 nitrogen and oxygen atoms in total. The number of anilines is 1. The van der Waals surface area contributed by atoms with Crippen molar-refractivity contribution in [2.45, 2.75) is 17.8 Å². The number of aldehydes is 1. The average molecular weight is 541 g/mol. The number of aromatic nitrogens is 1. The van der Waals surface area contributed by atoms with Gasteiger partial charge in [0.25, 0.3) is 0 Å². The Labute approximate surface area is 218 Å². The lowest BCUT2D eigenvalue weighted by Gasteiger charge is -2.39. The number of hydrogen-bond donors (Lipinski definition) is 1. The fraction of sp³-hybridized carbons (Fsp3) is 0.231. The molecule has 0 saturated carbocycles. The molecule has 1 aliphatic rings. The first-order valence-electron chi connectivity index (χ1n) is 11.4. The van der Waals surface area contributed by atoms with E-state index in [2.05, 4.69) is 11.6 Å². The Morgan fingerprint density at radius 3 is 2.72 bits per heavy atom. The topological polar surface area (TPSA) is 96.6 Å². The van der Waals surface area contributed by atoms with E-state index < -0.39 is 21.3 Å². The molecule has 1 fully saturated rings. The van der Waals surface area contributed by atoms with Crippen molar-refractivity contribution in [2.75, 3.05) is 25.4 Å². The molecule has 1 aliphatic heterocycles. The van der Waals surface area contributed by atoms with Crippen LogP contribution in [0.25, 0.3) is 21.0 Å². The van der Waals surface area contributed by atoms with Crippen LogP contribution < -0.4 is 5.73 Å². The van der Waals surface area contributed by atoms with E-state index in [1.165, 1.54) is 21.7 Å². The van der Waals surface area contributed by atoms with Gasteiger partial charge in [-0.2, -0.15) is 4.31 Å². The van der Waals surface area contributed by atoms with Crippen LogP contribution in [0.1, 0.15) is 15.7 Å². The third-order valence-corrected chi connectivity index (χ3v) is 10.2. The van der Waals surface area contributed by atoms with Gasteiger partial charge in [0.1, 0.15) is 17.4 Å². The predicted octanol–water partition coefficient (Wildman–Crippen LogP) is 4.63. The van der Waals surface area contributed by atoms with Gasteiger partial charge in [-0.3, -0.25) is 4.90 Å². The minimum absolute atomic E-state index is 0.0958. The van der Waals surface area contributed by atoms with E-state index in [1.807, 2.05) is 47.4 Å². The lowest BCUT2D eigenvalue weighted by Crippen LogP contribution is -2.55. The molecule has 2 N–H and O–H groups in total. The molecule has 5 rings (SSSR count). The number of thiophene rings is 1. The highest BCUT2D eigenvalue weighted by Crippen LogP contribution is 2.37. The van der Waals surface area contributed by atoms with Crippen LogP contribution in [0.4, 0.5) is 5.82 Å². The van der Waals surface area contributed by atoms with Crippen molar-refractivity contribution < 1.29 is 13.2 Å². The van der Waals surface area contributed by atoms with E-state index in [4.69, 9.17) is 17.3 Å². The highest BCUT2D eigenvalue weighted by molar-refractivity contribution is 7.89. The van der Waals surface area contributed by atoms with E-state index in [1.54, 1.807) is 12.1 Å². The number of rotatable bonds is 7. The number of piperazine rings is 1. The highest BCUT2D eigenvalue weighted by Gasteiger charge is 2.38. The van der Waals surface area contributed by atoms with Crippen LogP contribution in [0.3, 0.4) is 0 Å². The smallest absolute Gasteiger partial charge is 0.225 e. The predicted molar refractivity (Wildman–Crippen MR) is 147 cm³/mol. The summed E-state index contributed by atoms with van der Waals surface area (Å²) in [5.74, 6) is 0.464. The number of nitrogens with zero attached hydrogens (tertiary/aromatic N) is 3. The van der Waals surface area contributed by atoms with Gasteiger partial charge in [-0.1, -0.05) is 29.8 Å². The van der Waals surface area contributed by atoms with E-state index >= 15 is 0 Å². The number of carbonyl (C=O) groups is 1. The Bertz CT molecular complexity index is 1570. The minimum Gasteiger partial charge on any atom is -0.384 e. The number of carbonyl (C=O) groups excluding carboxylic acids is 1. The Morgan fingerprint density at radius 1 is 1.14 bits per heavy atom. The number of sulfonamides is 1. The number of hydrogen-bond acceptors (Lipinski definition) is 7. The van der Waals surface area contributed by atoms with Crippen molar-refractivity contribution in [1.82, 2.24) is 14.2 Å². The quantitative estimate of drug-likeness (QED) is 0.271. The Morgan fingerprint density at radius 2 is 1.94 bits per heavy atom. The van der Waals surface area contributed by atoms with Crippen molar-refractivity contribution in [3.63, 3.8) is 0 Å². The number of nitrogen functional groups attached to an aromatic ring is 1. The Kier molecular flexibility index (Phi) is 6.84. The molecule has 3 heterocycles. The maximum atomic E-state index is 13.6. The van der Waals surface area contributed by atoms with Crippen LogP contribution in [0.15, 0.2) is 67.3 Å². The molecule has 0 amide bonds. The number of fused-ring (bicyclic) bond motifs is 2. The van der Waals surface area contributed by atoms with Gasteiger partial charge in [0.2, 0.25) is 10.0 Å². The van der Waals surface area contributed by atoms with Crippen molar-refractivity contribution in [3.8, 4) is 0 Å². The molecule has 2 atom stereocenters. The first kappa shape index (κ1) is 24.9. The Balaban J connectivity index is 1.34. The average Bonchev–Trinajstić information content (AvgIpc) is 3.27.